The highest BCUT2D eigenvalue weighted by atomic mass is 16.4. The Bertz CT molecular complexity index is 635. The number of carboxylic acid groups (broad SMARTS) is 1. The number of carbonyl (C=O) groups is 2. The first kappa shape index (κ1) is 13.5. The molecule has 2 aromatic rings. The summed E-state index contributed by atoms with van der Waals surface area (Å²) in [7, 11) is 0. The van der Waals surface area contributed by atoms with Crippen LogP contribution in [0.15, 0.2) is 36.8 Å². The predicted molar refractivity (Wildman–Crippen MR) is 70.7 cm³/mol. The Hall–Kier alpha value is -2.96. The largest absolute Gasteiger partial charge is 0.478 e. The van der Waals surface area contributed by atoms with E-state index >= 15 is 0 Å². The smallest absolute Gasteiger partial charge is 0.328 e. The topological polar surface area (TPSA) is 108 Å². The number of rotatable bonds is 5. The van der Waals surface area contributed by atoms with E-state index in [4.69, 9.17) is 5.11 Å². The van der Waals surface area contributed by atoms with Crippen molar-refractivity contribution in [2.24, 2.45) is 0 Å². The minimum atomic E-state index is -1.08. The van der Waals surface area contributed by atoms with Gasteiger partial charge in [0.15, 0.2) is 0 Å². The van der Waals surface area contributed by atoms with Crippen LogP contribution in [0.2, 0.25) is 0 Å². The van der Waals surface area contributed by atoms with Gasteiger partial charge in [-0.2, -0.15) is 5.10 Å². The summed E-state index contributed by atoms with van der Waals surface area (Å²) in [6, 6.07) is 3.26. The van der Waals surface area contributed by atoms with Gasteiger partial charge in [0.2, 0.25) is 0 Å². The third-order valence-electron chi connectivity index (χ3n) is 2.47. The van der Waals surface area contributed by atoms with Crippen molar-refractivity contribution in [3.05, 3.63) is 53.6 Å². The summed E-state index contributed by atoms with van der Waals surface area (Å²) in [5.41, 5.74) is 1.45. The molecule has 0 atom stereocenters. The Labute approximate surface area is 114 Å². The fourth-order valence-corrected chi connectivity index (χ4v) is 1.54. The molecule has 2 aromatic heterocycles. The Balaban J connectivity index is 2.11. The van der Waals surface area contributed by atoms with Gasteiger partial charge in [-0.05, 0) is 12.1 Å². The minimum absolute atomic E-state index is 0.175. The van der Waals surface area contributed by atoms with E-state index in [-0.39, 0.29) is 11.6 Å². The van der Waals surface area contributed by atoms with Gasteiger partial charge in [-0.1, -0.05) is 6.07 Å². The number of carboxylic acids is 1. The summed E-state index contributed by atoms with van der Waals surface area (Å²) in [6.45, 7) is 0.313. The molecule has 0 aromatic carbocycles. The fourth-order valence-electron chi connectivity index (χ4n) is 1.54. The van der Waals surface area contributed by atoms with E-state index in [1.807, 2.05) is 0 Å². The molecule has 0 spiro atoms. The number of H-pyrrole nitrogens is 1. The second kappa shape index (κ2) is 6.28. The lowest BCUT2D eigenvalue weighted by molar-refractivity contribution is -0.131. The number of pyridine rings is 1. The van der Waals surface area contributed by atoms with E-state index in [0.29, 0.717) is 12.1 Å². The number of hydrogen-bond donors (Lipinski definition) is 3. The molecule has 0 saturated heterocycles. The van der Waals surface area contributed by atoms with Crippen LogP contribution in [0.3, 0.4) is 0 Å². The lowest BCUT2D eigenvalue weighted by Crippen LogP contribution is -2.24. The van der Waals surface area contributed by atoms with Crippen molar-refractivity contribution in [3.8, 4) is 0 Å². The van der Waals surface area contributed by atoms with Gasteiger partial charge in [-0.15, -0.1) is 0 Å². The zero-order valence-corrected chi connectivity index (χ0v) is 10.4. The van der Waals surface area contributed by atoms with Gasteiger partial charge in [-0.3, -0.25) is 14.9 Å². The second-order valence-electron chi connectivity index (χ2n) is 3.90. The number of carbonyl (C=O) groups excluding carboxylic acids is 1. The molecular formula is C13H12N4O3. The predicted octanol–water partition coefficient (Wildman–Crippen LogP) is 0.832. The van der Waals surface area contributed by atoms with Crippen LogP contribution >= 0.6 is 0 Å². The van der Waals surface area contributed by atoms with Crippen molar-refractivity contribution < 1.29 is 14.7 Å². The summed E-state index contributed by atoms with van der Waals surface area (Å²) in [5, 5.41) is 17.7. The molecule has 102 valence electrons. The fraction of sp³-hybridized carbons (Fsp3) is 0.0769. The maximum atomic E-state index is 12.0. The lowest BCUT2D eigenvalue weighted by atomic mass is 10.1. The number of nitrogens with one attached hydrogen (secondary N) is 2. The lowest BCUT2D eigenvalue weighted by Gasteiger charge is -2.05. The van der Waals surface area contributed by atoms with Crippen LogP contribution in [0.25, 0.3) is 6.08 Å². The van der Waals surface area contributed by atoms with Crippen LogP contribution in [0.1, 0.15) is 21.6 Å². The number of aliphatic carboxylic acids is 1. The third-order valence-corrected chi connectivity index (χ3v) is 2.47. The average molecular weight is 272 g/mol. The van der Waals surface area contributed by atoms with Crippen molar-refractivity contribution in [1.82, 2.24) is 20.5 Å². The molecule has 0 aliphatic carbocycles. The summed E-state index contributed by atoms with van der Waals surface area (Å²) in [4.78, 5) is 26.5. The molecule has 7 heteroatoms. The van der Waals surface area contributed by atoms with Crippen LogP contribution < -0.4 is 5.32 Å². The summed E-state index contributed by atoms with van der Waals surface area (Å²) < 4.78 is 0. The van der Waals surface area contributed by atoms with Gasteiger partial charge in [0.1, 0.15) is 5.69 Å². The van der Waals surface area contributed by atoms with Gasteiger partial charge in [-0.25, -0.2) is 4.79 Å². The molecular weight excluding hydrogens is 260 g/mol. The van der Waals surface area contributed by atoms with E-state index in [1.165, 1.54) is 12.3 Å². The molecule has 1 amide bonds. The quantitative estimate of drug-likeness (QED) is 0.699. The standard InChI is InChI=1S/C13H12N4O3/c18-11(19)4-3-10-2-1-5-14-12(10)13(20)15-6-9-7-16-17-8-9/h1-5,7-8H,6H2,(H,15,20)(H,16,17)(H,18,19)/b4-3+. The van der Waals surface area contributed by atoms with Crippen molar-refractivity contribution in [1.29, 1.82) is 0 Å². The first-order valence-electron chi connectivity index (χ1n) is 5.78. The van der Waals surface area contributed by atoms with Gasteiger partial charge in [0.25, 0.3) is 5.91 Å². The number of aromatic nitrogens is 3. The number of hydrogen-bond acceptors (Lipinski definition) is 4. The third kappa shape index (κ3) is 3.52. The normalized spacial score (nSPS) is 10.6. The van der Waals surface area contributed by atoms with Crippen molar-refractivity contribution in [3.63, 3.8) is 0 Å². The van der Waals surface area contributed by atoms with Gasteiger partial charge in [0.05, 0.1) is 6.20 Å². The molecule has 2 rings (SSSR count). The highest BCUT2D eigenvalue weighted by molar-refractivity contribution is 5.97. The number of nitrogens with zero attached hydrogens (tertiary/aromatic N) is 2. The van der Waals surface area contributed by atoms with Gasteiger partial charge in [0, 0.05) is 36.1 Å². The maximum absolute atomic E-state index is 12.0. The number of amides is 1. The molecule has 0 saturated carbocycles. The van der Waals surface area contributed by atoms with Crippen LogP contribution in [0.5, 0.6) is 0 Å². The van der Waals surface area contributed by atoms with E-state index in [2.05, 4.69) is 20.5 Å². The Morgan fingerprint density at radius 3 is 3.00 bits per heavy atom. The summed E-state index contributed by atoms with van der Waals surface area (Å²) in [5.74, 6) is -1.46. The summed E-state index contributed by atoms with van der Waals surface area (Å²) in [6.07, 6.45) is 7.05. The second-order valence-corrected chi connectivity index (χ2v) is 3.90. The Morgan fingerprint density at radius 2 is 2.30 bits per heavy atom. The maximum Gasteiger partial charge on any atom is 0.328 e. The molecule has 0 fully saturated rings. The molecule has 0 aliphatic rings. The van der Waals surface area contributed by atoms with Crippen molar-refractivity contribution >= 4 is 18.0 Å². The van der Waals surface area contributed by atoms with Crippen LogP contribution in [-0.2, 0) is 11.3 Å². The molecule has 0 unspecified atom stereocenters. The zero-order valence-electron chi connectivity index (χ0n) is 10.4. The summed E-state index contributed by atoms with van der Waals surface area (Å²) >= 11 is 0. The molecule has 0 radical (unpaired) electrons. The molecule has 2 heterocycles. The molecule has 0 bridgehead atoms. The van der Waals surface area contributed by atoms with Crippen LogP contribution in [-0.4, -0.2) is 32.2 Å². The van der Waals surface area contributed by atoms with Crippen LogP contribution in [0.4, 0.5) is 0 Å². The highest BCUT2D eigenvalue weighted by Gasteiger charge is 2.11. The van der Waals surface area contributed by atoms with Gasteiger partial charge < -0.3 is 10.4 Å². The highest BCUT2D eigenvalue weighted by Crippen LogP contribution is 2.08. The van der Waals surface area contributed by atoms with Crippen molar-refractivity contribution in [2.45, 2.75) is 6.54 Å². The van der Waals surface area contributed by atoms with E-state index in [1.54, 1.807) is 24.5 Å². The van der Waals surface area contributed by atoms with Gasteiger partial charge >= 0.3 is 5.97 Å². The average Bonchev–Trinajstić information content (AvgIpc) is 2.96. The van der Waals surface area contributed by atoms with E-state index < -0.39 is 5.97 Å². The monoisotopic (exact) mass is 272 g/mol. The first-order chi connectivity index (χ1) is 9.66. The Kier molecular flexibility index (Phi) is 4.23. The molecule has 0 aliphatic heterocycles. The van der Waals surface area contributed by atoms with Crippen LogP contribution in [0, 0.1) is 0 Å². The SMILES string of the molecule is O=C(O)/C=C/c1cccnc1C(=O)NCc1cn[nH]c1. The Morgan fingerprint density at radius 1 is 1.45 bits per heavy atom. The number of aromatic amines is 1. The first-order valence-corrected chi connectivity index (χ1v) is 5.78. The molecule has 3 N–H and O–H groups in total. The molecule has 20 heavy (non-hydrogen) atoms. The zero-order chi connectivity index (χ0) is 14.4. The van der Waals surface area contributed by atoms with E-state index in [0.717, 1.165) is 11.6 Å². The minimum Gasteiger partial charge on any atom is -0.478 e. The van der Waals surface area contributed by atoms with E-state index in [9.17, 15) is 9.59 Å². The molecule has 7 nitrogen and oxygen atoms in total. The van der Waals surface area contributed by atoms with Crippen molar-refractivity contribution in [2.75, 3.05) is 0 Å².